The number of rotatable bonds is 2. The molecule has 2 rings (SSSR count). The van der Waals surface area contributed by atoms with Gasteiger partial charge in [0, 0.05) is 24.4 Å². The van der Waals surface area contributed by atoms with Crippen LogP contribution in [-0.2, 0) is 6.42 Å². The SMILES string of the molecule is OCCc1c[nH]c2ncc(Cl)cc12. The fourth-order valence-corrected chi connectivity index (χ4v) is 1.52. The maximum absolute atomic E-state index is 8.80. The highest BCUT2D eigenvalue weighted by molar-refractivity contribution is 6.31. The Morgan fingerprint density at radius 1 is 1.54 bits per heavy atom. The molecule has 0 saturated carbocycles. The number of aliphatic hydroxyl groups excluding tert-OH is 1. The second-order valence-corrected chi connectivity index (χ2v) is 3.27. The Bertz CT molecular complexity index is 424. The van der Waals surface area contributed by atoms with Crippen molar-refractivity contribution in [3.8, 4) is 0 Å². The molecule has 0 saturated heterocycles. The van der Waals surface area contributed by atoms with E-state index in [4.69, 9.17) is 16.7 Å². The quantitative estimate of drug-likeness (QED) is 0.769. The smallest absolute Gasteiger partial charge is 0.137 e. The van der Waals surface area contributed by atoms with Gasteiger partial charge in [-0.3, -0.25) is 0 Å². The Hall–Kier alpha value is -1.06. The zero-order valence-corrected chi connectivity index (χ0v) is 7.67. The average molecular weight is 197 g/mol. The van der Waals surface area contributed by atoms with Gasteiger partial charge in [0.05, 0.1) is 5.02 Å². The van der Waals surface area contributed by atoms with Gasteiger partial charge in [0.15, 0.2) is 0 Å². The average Bonchev–Trinajstić information content (AvgIpc) is 2.49. The molecule has 2 heterocycles. The van der Waals surface area contributed by atoms with Gasteiger partial charge in [-0.05, 0) is 18.1 Å². The molecule has 2 N–H and O–H groups in total. The summed E-state index contributed by atoms with van der Waals surface area (Å²) >= 11 is 5.81. The highest BCUT2D eigenvalue weighted by atomic mass is 35.5. The van der Waals surface area contributed by atoms with Crippen LogP contribution in [-0.4, -0.2) is 21.7 Å². The normalized spacial score (nSPS) is 10.9. The second kappa shape index (κ2) is 3.36. The Morgan fingerprint density at radius 2 is 2.38 bits per heavy atom. The summed E-state index contributed by atoms with van der Waals surface area (Å²) in [5.74, 6) is 0. The van der Waals surface area contributed by atoms with Crippen LogP contribution < -0.4 is 0 Å². The van der Waals surface area contributed by atoms with Crippen LogP contribution in [0.4, 0.5) is 0 Å². The summed E-state index contributed by atoms with van der Waals surface area (Å²) < 4.78 is 0. The summed E-state index contributed by atoms with van der Waals surface area (Å²) in [5.41, 5.74) is 1.86. The number of H-pyrrole nitrogens is 1. The molecule has 0 aliphatic carbocycles. The molecule has 2 aromatic rings. The molecule has 0 unspecified atom stereocenters. The van der Waals surface area contributed by atoms with Gasteiger partial charge in [-0.25, -0.2) is 4.98 Å². The topological polar surface area (TPSA) is 48.9 Å². The largest absolute Gasteiger partial charge is 0.396 e. The van der Waals surface area contributed by atoms with E-state index >= 15 is 0 Å². The predicted molar refractivity (Wildman–Crippen MR) is 51.9 cm³/mol. The summed E-state index contributed by atoms with van der Waals surface area (Å²) in [6, 6.07) is 1.85. The van der Waals surface area contributed by atoms with E-state index in [1.807, 2.05) is 12.3 Å². The van der Waals surface area contributed by atoms with E-state index < -0.39 is 0 Å². The number of aromatic amines is 1. The summed E-state index contributed by atoms with van der Waals surface area (Å²) in [6.45, 7) is 0.138. The van der Waals surface area contributed by atoms with Crippen LogP contribution in [0.1, 0.15) is 5.56 Å². The molecule has 13 heavy (non-hydrogen) atoms. The molecule has 0 aliphatic heterocycles. The van der Waals surface area contributed by atoms with Crippen molar-refractivity contribution in [3.05, 3.63) is 29.0 Å². The maximum atomic E-state index is 8.80. The molecular weight excluding hydrogens is 188 g/mol. The van der Waals surface area contributed by atoms with E-state index in [0.717, 1.165) is 16.6 Å². The van der Waals surface area contributed by atoms with Crippen molar-refractivity contribution in [1.29, 1.82) is 0 Å². The van der Waals surface area contributed by atoms with E-state index in [0.29, 0.717) is 11.4 Å². The zero-order chi connectivity index (χ0) is 9.26. The third kappa shape index (κ3) is 1.53. The first kappa shape index (κ1) is 8.53. The lowest BCUT2D eigenvalue weighted by atomic mass is 10.2. The molecule has 3 nitrogen and oxygen atoms in total. The fourth-order valence-electron chi connectivity index (χ4n) is 1.36. The molecule has 4 heteroatoms. The van der Waals surface area contributed by atoms with Crippen molar-refractivity contribution in [2.75, 3.05) is 6.61 Å². The van der Waals surface area contributed by atoms with Crippen molar-refractivity contribution >= 4 is 22.6 Å². The summed E-state index contributed by atoms with van der Waals surface area (Å²) in [6.07, 6.45) is 4.08. The number of nitrogens with zero attached hydrogens (tertiary/aromatic N) is 1. The van der Waals surface area contributed by atoms with Gasteiger partial charge in [-0.15, -0.1) is 0 Å². The van der Waals surface area contributed by atoms with E-state index in [9.17, 15) is 0 Å². The molecule has 0 aliphatic rings. The minimum Gasteiger partial charge on any atom is -0.396 e. The zero-order valence-electron chi connectivity index (χ0n) is 6.92. The van der Waals surface area contributed by atoms with Crippen LogP contribution in [0.5, 0.6) is 0 Å². The lowest BCUT2D eigenvalue weighted by Crippen LogP contribution is -1.88. The van der Waals surface area contributed by atoms with Gasteiger partial charge in [0.2, 0.25) is 0 Å². The molecule has 0 fully saturated rings. The van der Waals surface area contributed by atoms with Crippen LogP contribution >= 0.6 is 11.6 Å². The number of aliphatic hydroxyl groups is 1. The Morgan fingerprint density at radius 3 is 3.15 bits per heavy atom. The van der Waals surface area contributed by atoms with Gasteiger partial charge in [-0.2, -0.15) is 0 Å². The third-order valence-corrected chi connectivity index (χ3v) is 2.17. The monoisotopic (exact) mass is 196 g/mol. The lowest BCUT2D eigenvalue weighted by Gasteiger charge is -1.94. The van der Waals surface area contributed by atoms with Gasteiger partial charge in [0.1, 0.15) is 5.65 Å². The van der Waals surface area contributed by atoms with Gasteiger partial charge >= 0.3 is 0 Å². The lowest BCUT2D eigenvalue weighted by molar-refractivity contribution is 0.300. The third-order valence-electron chi connectivity index (χ3n) is 1.96. The molecule has 0 atom stereocenters. The molecule has 2 aromatic heterocycles. The van der Waals surface area contributed by atoms with E-state index in [2.05, 4.69) is 9.97 Å². The number of halogens is 1. The Labute approximate surface area is 80.4 Å². The van der Waals surface area contributed by atoms with E-state index in [1.165, 1.54) is 0 Å². The van der Waals surface area contributed by atoms with Crippen molar-refractivity contribution in [2.24, 2.45) is 0 Å². The number of nitrogens with one attached hydrogen (secondary N) is 1. The minimum atomic E-state index is 0.138. The van der Waals surface area contributed by atoms with Crippen LogP contribution in [0, 0.1) is 0 Å². The molecule has 68 valence electrons. The Balaban J connectivity index is 2.58. The van der Waals surface area contributed by atoms with Crippen molar-refractivity contribution in [3.63, 3.8) is 0 Å². The van der Waals surface area contributed by atoms with Crippen molar-refractivity contribution in [1.82, 2.24) is 9.97 Å². The number of pyridine rings is 1. The summed E-state index contributed by atoms with van der Waals surface area (Å²) in [5, 5.41) is 10.4. The minimum absolute atomic E-state index is 0.138. The molecule has 0 aromatic carbocycles. The van der Waals surface area contributed by atoms with E-state index in [-0.39, 0.29) is 6.61 Å². The first-order valence-corrected chi connectivity index (χ1v) is 4.41. The summed E-state index contributed by atoms with van der Waals surface area (Å²) in [4.78, 5) is 7.13. The molecule has 0 bridgehead atoms. The van der Waals surface area contributed by atoms with E-state index in [1.54, 1.807) is 6.20 Å². The van der Waals surface area contributed by atoms with Gasteiger partial charge in [0.25, 0.3) is 0 Å². The van der Waals surface area contributed by atoms with Gasteiger partial charge in [-0.1, -0.05) is 11.6 Å². The number of aromatic nitrogens is 2. The summed E-state index contributed by atoms with van der Waals surface area (Å²) in [7, 11) is 0. The highest BCUT2D eigenvalue weighted by Crippen LogP contribution is 2.20. The predicted octanol–water partition coefficient (Wildman–Crippen LogP) is 1.75. The first-order valence-electron chi connectivity index (χ1n) is 4.03. The molecular formula is C9H9ClN2O. The fraction of sp³-hybridized carbons (Fsp3) is 0.222. The van der Waals surface area contributed by atoms with Gasteiger partial charge < -0.3 is 10.1 Å². The second-order valence-electron chi connectivity index (χ2n) is 2.84. The standard InChI is InChI=1S/C9H9ClN2O/c10-7-3-8-6(1-2-13)4-11-9(8)12-5-7/h3-5,13H,1-2H2,(H,11,12). The first-order chi connectivity index (χ1) is 6.31. The molecule has 0 spiro atoms. The number of hydrogen-bond donors (Lipinski definition) is 2. The molecule has 0 radical (unpaired) electrons. The van der Waals surface area contributed by atoms with Crippen molar-refractivity contribution < 1.29 is 5.11 Å². The van der Waals surface area contributed by atoms with Crippen LogP contribution in [0.3, 0.4) is 0 Å². The number of hydrogen-bond acceptors (Lipinski definition) is 2. The Kier molecular flexibility index (Phi) is 2.20. The van der Waals surface area contributed by atoms with Crippen LogP contribution in [0.15, 0.2) is 18.5 Å². The number of fused-ring (bicyclic) bond motifs is 1. The van der Waals surface area contributed by atoms with Crippen LogP contribution in [0.25, 0.3) is 11.0 Å². The highest BCUT2D eigenvalue weighted by Gasteiger charge is 2.03. The maximum Gasteiger partial charge on any atom is 0.137 e. The van der Waals surface area contributed by atoms with Crippen molar-refractivity contribution in [2.45, 2.75) is 6.42 Å². The van der Waals surface area contributed by atoms with Crippen LogP contribution in [0.2, 0.25) is 5.02 Å². The molecule has 0 amide bonds.